The van der Waals surface area contributed by atoms with Crippen molar-refractivity contribution in [1.29, 1.82) is 0 Å². The molecule has 1 fully saturated rings. The van der Waals surface area contributed by atoms with Crippen molar-refractivity contribution in [2.75, 3.05) is 0 Å². The van der Waals surface area contributed by atoms with E-state index in [2.05, 4.69) is 36.5 Å². The quantitative estimate of drug-likeness (QED) is 0.879. The lowest BCUT2D eigenvalue weighted by Gasteiger charge is -2.30. The van der Waals surface area contributed by atoms with E-state index in [1.807, 2.05) is 36.4 Å². The summed E-state index contributed by atoms with van der Waals surface area (Å²) in [6.07, 6.45) is 5.06. The Morgan fingerprint density at radius 3 is 2.17 bits per heavy atom. The minimum atomic E-state index is -0.327. The zero-order valence-corrected chi connectivity index (χ0v) is 13.8. The smallest absolute Gasteiger partial charge is 0.230 e. The van der Waals surface area contributed by atoms with Gasteiger partial charge in [0.25, 0.3) is 0 Å². The van der Waals surface area contributed by atoms with E-state index < -0.39 is 0 Å². The standard InChI is InChI=1S/C21H25NO/c1-17(16-18-10-4-2-5-11-18)22-20(23)21(14-8-9-15-21)19-12-6-3-7-13-19/h2-7,10-13,17H,8-9,14-16H2,1H3,(H,22,23). The van der Waals surface area contributed by atoms with Crippen molar-refractivity contribution in [3.63, 3.8) is 0 Å². The van der Waals surface area contributed by atoms with Crippen LogP contribution in [0.5, 0.6) is 0 Å². The maximum Gasteiger partial charge on any atom is 0.230 e. The fourth-order valence-electron chi connectivity index (χ4n) is 3.76. The number of carbonyl (C=O) groups is 1. The summed E-state index contributed by atoms with van der Waals surface area (Å²) in [7, 11) is 0. The van der Waals surface area contributed by atoms with Gasteiger partial charge in [0.1, 0.15) is 0 Å². The Labute approximate surface area is 138 Å². The van der Waals surface area contributed by atoms with E-state index >= 15 is 0 Å². The zero-order chi connectivity index (χ0) is 16.1. The molecule has 1 aliphatic rings. The molecule has 1 atom stereocenters. The fraction of sp³-hybridized carbons (Fsp3) is 0.381. The molecular weight excluding hydrogens is 282 g/mol. The molecule has 1 N–H and O–H groups in total. The van der Waals surface area contributed by atoms with Crippen LogP contribution in [0.15, 0.2) is 60.7 Å². The predicted molar refractivity (Wildman–Crippen MR) is 94.3 cm³/mol. The second kappa shape index (κ2) is 6.99. The fourth-order valence-corrected chi connectivity index (χ4v) is 3.76. The van der Waals surface area contributed by atoms with Crippen LogP contribution in [-0.2, 0) is 16.6 Å². The summed E-state index contributed by atoms with van der Waals surface area (Å²) in [5, 5.41) is 3.27. The Bertz CT molecular complexity index is 629. The van der Waals surface area contributed by atoms with Crippen molar-refractivity contribution in [3.8, 4) is 0 Å². The molecule has 1 amide bonds. The lowest BCUT2D eigenvalue weighted by Crippen LogP contribution is -2.46. The van der Waals surface area contributed by atoms with Gasteiger partial charge in [-0.25, -0.2) is 0 Å². The van der Waals surface area contributed by atoms with E-state index in [1.54, 1.807) is 0 Å². The van der Waals surface area contributed by atoms with E-state index in [9.17, 15) is 4.79 Å². The molecule has 1 saturated carbocycles. The van der Waals surface area contributed by atoms with E-state index in [-0.39, 0.29) is 17.4 Å². The first-order valence-electron chi connectivity index (χ1n) is 8.61. The number of rotatable bonds is 5. The van der Waals surface area contributed by atoms with Crippen LogP contribution in [0.4, 0.5) is 0 Å². The van der Waals surface area contributed by atoms with Crippen molar-refractivity contribution in [1.82, 2.24) is 5.32 Å². The third-order valence-corrected chi connectivity index (χ3v) is 4.98. The molecule has 0 heterocycles. The van der Waals surface area contributed by atoms with Gasteiger partial charge >= 0.3 is 0 Å². The van der Waals surface area contributed by atoms with Crippen LogP contribution in [0.25, 0.3) is 0 Å². The maximum absolute atomic E-state index is 13.1. The predicted octanol–water partition coefficient (Wildman–Crippen LogP) is 4.25. The molecule has 0 radical (unpaired) electrons. The van der Waals surface area contributed by atoms with E-state index in [0.717, 1.165) is 32.1 Å². The Morgan fingerprint density at radius 2 is 1.57 bits per heavy atom. The van der Waals surface area contributed by atoms with Crippen LogP contribution in [-0.4, -0.2) is 11.9 Å². The molecular formula is C21H25NO. The third kappa shape index (κ3) is 3.47. The second-order valence-electron chi connectivity index (χ2n) is 6.72. The largest absolute Gasteiger partial charge is 0.353 e. The third-order valence-electron chi connectivity index (χ3n) is 4.98. The van der Waals surface area contributed by atoms with Gasteiger partial charge in [0.05, 0.1) is 5.41 Å². The molecule has 0 spiro atoms. The Hall–Kier alpha value is -2.09. The topological polar surface area (TPSA) is 29.1 Å². The summed E-state index contributed by atoms with van der Waals surface area (Å²) < 4.78 is 0. The number of hydrogen-bond acceptors (Lipinski definition) is 1. The first-order chi connectivity index (χ1) is 11.2. The molecule has 3 rings (SSSR count). The molecule has 120 valence electrons. The highest BCUT2D eigenvalue weighted by Gasteiger charge is 2.42. The van der Waals surface area contributed by atoms with Crippen LogP contribution >= 0.6 is 0 Å². The SMILES string of the molecule is CC(Cc1ccccc1)NC(=O)C1(c2ccccc2)CCCC1. The summed E-state index contributed by atoms with van der Waals surface area (Å²) in [5.74, 6) is 0.199. The summed E-state index contributed by atoms with van der Waals surface area (Å²) >= 11 is 0. The number of nitrogens with one attached hydrogen (secondary N) is 1. The first-order valence-corrected chi connectivity index (χ1v) is 8.61. The van der Waals surface area contributed by atoms with Gasteiger partial charge in [-0.2, -0.15) is 0 Å². The molecule has 2 nitrogen and oxygen atoms in total. The molecule has 0 bridgehead atoms. The molecule has 1 aliphatic carbocycles. The Balaban J connectivity index is 1.72. The highest BCUT2D eigenvalue weighted by atomic mass is 16.2. The molecule has 23 heavy (non-hydrogen) atoms. The molecule has 1 unspecified atom stereocenters. The first kappa shape index (κ1) is 15.8. The molecule has 0 aromatic heterocycles. The lowest BCUT2D eigenvalue weighted by atomic mass is 9.78. The molecule has 2 aromatic rings. The number of hydrogen-bond donors (Lipinski definition) is 1. The monoisotopic (exact) mass is 307 g/mol. The second-order valence-corrected chi connectivity index (χ2v) is 6.72. The van der Waals surface area contributed by atoms with Gasteiger partial charge in [0.2, 0.25) is 5.91 Å². The summed E-state index contributed by atoms with van der Waals surface area (Å²) in [6.45, 7) is 2.10. The number of amides is 1. The van der Waals surface area contributed by atoms with Gasteiger partial charge in [-0.05, 0) is 37.3 Å². The normalized spacial score (nSPS) is 17.6. The lowest BCUT2D eigenvalue weighted by molar-refractivity contribution is -0.127. The van der Waals surface area contributed by atoms with Gasteiger partial charge in [-0.3, -0.25) is 4.79 Å². The highest BCUT2D eigenvalue weighted by molar-refractivity contribution is 5.88. The molecule has 0 aliphatic heterocycles. The minimum absolute atomic E-state index is 0.145. The van der Waals surface area contributed by atoms with E-state index in [4.69, 9.17) is 0 Å². The Kier molecular flexibility index (Phi) is 4.80. The maximum atomic E-state index is 13.1. The van der Waals surface area contributed by atoms with Gasteiger partial charge in [-0.1, -0.05) is 73.5 Å². The Morgan fingerprint density at radius 1 is 1.00 bits per heavy atom. The molecule has 2 aromatic carbocycles. The van der Waals surface area contributed by atoms with Crippen molar-refractivity contribution in [3.05, 3.63) is 71.8 Å². The number of benzene rings is 2. The summed E-state index contributed by atoms with van der Waals surface area (Å²) in [4.78, 5) is 13.1. The van der Waals surface area contributed by atoms with Crippen molar-refractivity contribution in [2.45, 2.75) is 50.5 Å². The van der Waals surface area contributed by atoms with E-state index in [1.165, 1.54) is 11.1 Å². The van der Waals surface area contributed by atoms with Crippen LogP contribution in [0.3, 0.4) is 0 Å². The minimum Gasteiger partial charge on any atom is -0.353 e. The van der Waals surface area contributed by atoms with Gasteiger partial charge in [-0.15, -0.1) is 0 Å². The zero-order valence-electron chi connectivity index (χ0n) is 13.8. The summed E-state index contributed by atoms with van der Waals surface area (Å²) in [5.41, 5.74) is 2.11. The van der Waals surface area contributed by atoms with E-state index in [0.29, 0.717) is 0 Å². The van der Waals surface area contributed by atoms with Crippen LogP contribution in [0.1, 0.15) is 43.7 Å². The van der Waals surface area contributed by atoms with Gasteiger partial charge in [0, 0.05) is 6.04 Å². The van der Waals surface area contributed by atoms with Crippen molar-refractivity contribution < 1.29 is 4.79 Å². The average Bonchev–Trinajstić information content (AvgIpc) is 3.07. The molecule has 2 heteroatoms. The van der Waals surface area contributed by atoms with Crippen LogP contribution < -0.4 is 5.32 Å². The van der Waals surface area contributed by atoms with Crippen LogP contribution in [0.2, 0.25) is 0 Å². The summed E-state index contributed by atoms with van der Waals surface area (Å²) in [6, 6.07) is 20.8. The van der Waals surface area contributed by atoms with Gasteiger partial charge < -0.3 is 5.32 Å². The highest BCUT2D eigenvalue weighted by Crippen LogP contribution is 2.41. The molecule has 0 saturated heterocycles. The average molecular weight is 307 g/mol. The van der Waals surface area contributed by atoms with Crippen LogP contribution in [0, 0.1) is 0 Å². The van der Waals surface area contributed by atoms with Gasteiger partial charge in [0.15, 0.2) is 0 Å². The number of carbonyl (C=O) groups excluding carboxylic acids is 1. The van der Waals surface area contributed by atoms with Crippen molar-refractivity contribution >= 4 is 5.91 Å². The van der Waals surface area contributed by atoms with Crippen molar-refractivity contribution in [2.24, 2.45) is 0 Å².